The summed E-state index contributed by atoms with van der Waals surface area (Å²) in [7, 11) is -2.33. The first-order valence-corrected chi connectivity index (χ1v) is 11.3. The molecule has 0 atom stereocenters. The third kappa shape index (κ3) is 5.26. The molecule has 0 saturated carbocycles. The predicted molar refractivity (Wildman–Crippen MR) is 104 cm³/mol. The molecule has 0 radical (unpaired) electrons. The molecule has 0 aliphatic heterocycles. The Labute approximate surface area is 154 Å². The molecule has 1 aromatic heterocycles. The lowest BCUT2D eigenvalue weighted by Crippen LogP contribution is -2.54. The maximum Gasteiger partial charge on any atom is 0.336 e. The minimum atomic E-state index is -2.33. The summed E-state index contributed by atoms with van der Waals surface area (Å²) < 4.78 is 14.6. The highest BCUT2D eigenvalue weighted by Gasteiger charge is 2.30. The molecule has 1 rings (SSSR count). The fourth-order valence-corrected chi connectivity index (χ4v) is 5.19. The van der Waals surface area contributed by atoms with Gasteiger partial charge in [-0.15, -0.1) is 13.2 Å². The first-order valence-electron chi connectivity index (χ1n) is 8.79. The first-order chi connectivity index (χ1) is 12.3. The number of allylic oxidation sites excluding steroid dienone is 2. The average Bonchev–Trinajstić information content (AvgIpc) is 2.59. The number of nitrogens with zero attached hydrogens (tertiary/aromatic N) is 3. The molecule has 0 aliphatic carbocycles. The molecule has 26 heavy (non-hydrogen) atoms. The SMILES string of the molecule is C=CCn1c(=O)n(CC=C)c(=O)n(CCC[Si](C)(OCC)OCC)c1=O. The maximum absolute atomic E-state index is 12.6. The maximum atomic E-state index is 12.6. The average molecular weight is 384 g/mol. The second-order valence-corrected chi connectivity index (χ2v) is 9.25. The zero-order valence-corrected chi connectivity index (χ0v) is 16.9. The van der Waals surface area contributed by atoms with Crippen molar-refractivity contribution in [2.24, 2.45) is 0 Å². The summed E-state index contributed by atoms with van der Waals surface area (Å²) in [5.74, 6) is 0. The first kappa shape index (κ1) is 22.1. The van der Waals surface area contributed by atoms with Crippen molar-refractivity contribution in [1.29, 1.82) is 0 Å². The molecule has 9 heteroatoms. The summed E-state index contributed by atoms with van der Waals surface area (Å²) in [4.78, 5) is 37.4. The van der Waals surface area contributed by atoms with Crippen molar-refractivity contribution < 1.29 is 8.85 Å². The molecule has 0 aliphatic rings. The van der Waals surface area contributed by atoms with E-state index in [2.05, 4.69) is 13.2 Å². The molecule has 0 bridgehead atoms. The molecule has 1 heterocycles. The summed E-state index contributed by atoms with van der Waals surface area (Å²) in [5, 5.41) is 0. The number of hydrogen-bond donors (Lipinski definition) is 0. The van der Waals surface area contributed by atoms with Crippen molar-refractivity contribution in [2.45, 2.75) is 52.5 Å². The largest absolute Gasteiger partial charge is 0.395 e. The normalized spacial score (nSPS) is 11.5. The molecule has 0 aromatic carbocycles. The molecular formula is C17H29N3O5Si. The van der Waals surface area contributed by atoms with Gasteiger partial charge in [-0.25, -0.2) is 28.1 Å². The van der Waals surface area contributed by atoms with Gasteiger partial charge in [0, 0.05) is 19.8 Å². The van der Waals surface area contributed by atoms with E-state index in [1.54, 1.807) is 0 Å². The predicted octanol–water partition coefficient (Wildman–Crippen LogP) is 1.08. The molecule has 1 aromatic rings. The van der Waals surface area contributed by atoms with E-state index in [0.717, 1.165) is 13.7 Å². The van der Waals surface area contributed by atoms with Crippen molar-refractivity contribution in [3.8, 4) is 0 Å². The van der Waals surface area contributed by atoms with Gasteiger partial charge < -0.3 is 8.85 Å². The van der Waals surface area contributed by atoms with Gasteiger partial charge in [0.05, 0.1) is 13.1 Å². The molecule has 0 saturated heterocycles. The van der Waals surface area contributed by atoms with Gasteiger partial charge in [0.2, 0.25) is 0 Å². The molecular weight excluding hydrogens is 354 g/mol. The Morgan fingerprint density at radius 1 is 0.885 bits per heavy atom. The summed E-state index contributed by atoms with van der Waals surface area (Å²) >= 11 is 0. The van der Waals surface area contributed by atoms with Crippen LogP contribution in [0.25, 0.3) is 0 Å². The van der Waals surface area contributed by atoms with E-state index in [1.165, 1.54) is 12.2 Å². The van der Waals surface area contributed by atoms with Crippen LogP contribution in [-0.2, 0) is 28.5 Å². The molecule has 8 nitrogen and oxygen atoms in total. The van der Waals surface area contributed by atoms with Gasteiger partial charge in [0.1, 0.15) is 0 Å². The topological polar surface area (TPSA) is 84.5 Å². The highest BCUT2D eigenvalue weighted by Crippen LogP contribution is 2.16. The van der Waals surface area contributed by atoms with Gasteiger partial charge in [0.15, 0.2) is 0 Å². The highest BCUT2D eigenvalue weighted by atomic mass is 28.4. The van der Waals surface area contributed by atoms with Gasteiger partial charge >= 0.3 is 25.6 Å². The number of rotatable bonds is 12. The van der Waals surface area contributed by atoms with E-state index in [4.69, 9.17) is 8.85 Å². The van der Waals surface area contributed by atoms with Crippen molar-refractivity contribution in [2.75, 3.05) is 13.2 Å². The van der Waals surface area contributed by atoms with Crippen LogP contribution in [0.5, 0.6) is 0 Å². The van der Waals surface area contributed by atoms with Crippen molar-refractivity contribution in [3.05, 3.63) is 56.8 Å². The lowest BCUT2D eigenvalue weighted by molar-refractivity contribution is 0.187. The Morgan fingerprint density at radius 3 is 1.69 bits per heavy atom. The third-order valence-electron chi connectivity index (χ3n) is 3.92. The molecule has 146 valence electrons. The van der Waals surface area contributed by atoms with E-state index >= 15 is 0 Å². The lowest BCUT2D eigenvalue weighted by atomic mass is 10.4. The van der Waals surface area contributed by atoms with Crippen LogP contribution in [0.1, 0.15) is 20.3 Å². The summed E-state index contributed by atoms with van der Waals surface area (Å²) in [6, 6.07) is 0.641. The Kier molecular flexibility index (Phi) is 8.69. The van der Waals surface area contributed by atoms with Crippen molar-refractivity contribution in [1.82, 2.24) is 13.7 Å². The zero-order chi connectivity index (χ0) is 19.7. The van der Waals surface area contributed by atoms with Crippen LogP contribution in [0.2, 0.25) is 12.6 Å². The van der Waals surface area contributed by atoms with Crippen molar-refractivity contribution >= 4 is 8.56 Å². The van der Waals surface area contributed by atoms with Gasteiger partial charge in [0.25, 0.3) is 0 Å². The van der Waals surface area contributed by atoms with Gasteiger partial charge in [-0.05, 0) is 32.9 Å². The smallest absolute Gasteiger partial charge is 0.336 e. The minimum absolute atomic E-state index is 0.0411. The van der Waals surface area contributed by atoms with E-state index in [0.29, 0.717) is 25.7 Å². The molecule has 0 spiro atoms. The Bertz CT molecular complexity index is 739. The van der Waals surface area contributed by atoms with Crippen LogP contribution in [0.3, 0.4) is 0 Å². The molecule has 0 N–H and O–H groups in total. The minimum Gasteiger partial charge on any atom is -0.395 e. The van der Waals surface area contributed by atoms with E-state index in [9.17, 15) is 14.4 Å². The van der Waals surface area contributed by atoms with Crippen LogP contribution < -0.4 is 17.1 Å². The van der Waals surface area contributed by atoms with E-state index < -0.39 is 25.6 Å². The Hall–Kier alpha value is -1.97. The third-order valence-corrected chi connectivity index (χ3v) is 6.98. The van der Waals surface area contributed by atoms with Crippen molar-refractivity contribution in [3.63, 3.8) is 0 Å². The van der Waals surface area contributed by atoms with E-state index in [-0.39, 0.29) is 19.6 Å². The van der Waals surface area contributed by atoms with Crippen LogP contribution in [0.4, 0.5) is 0 Å². The van der Waals surface area contributed by atoms with Crippen LogP contribution in [0.15, 0.2) is 39.7 Å². The fourth-order valence-electron chi connectivity index (χ4n) is 2.80. The lowest BCUT2D eigenvalue weighted by Gasteiger charge is -2.26. The second-order valence-electron chi connectivity index (χ2n) is 5.90. The van der Waals surface area contributed by atoms with Gasteiger partial charge in [-0.1, -0.05) is 12.2 Å². The highest BCUT2D eigenvalue weighted by molar-refractivity contribution is 6.66. The standard InChI is InChI=1S/C17H29N3O5Si/c1-6-11-18-15(21)19(12-7-2)17(23)20(16(18)22)13-10-14-26(5,24-8-3)25-9-4/h6-7H,1-2,8-14H2,3-5H3. The number of aromatic nitrogens is 3. The van der Waals surface area contributed by atoms with Crippen LogP contribution in [0, 0.1) is 0 Å². The quantitative estimate of drug-likeness (QED) is 0.398. The van der Waals surface area contributed by atoms with E-state index in [1.807, 2.05) is 20.4 Å². The van der Waals surface area contributed by atoms with Gasteiger partial charge in [-0.3, -0.25) is 0 Å². The van der Waals surface area contributed by atoms with Crippen LogP contribution >= 0.6 is 0 Å². The van der Waals surface area contributed by atoms with Crippen LogP contribution in [-0.4, -0.2) is 35.5 Å². The summed E-state index contributed by atoms with van der Waals surface area (Å²) in [5.41, 5.74) is -1.91. The molecule has 0 unspecified atom stereocenters. The Morgan fingerprint density at radius 2 is 1.31 bits per heavy atom. The zero-order valence-electron chi connectivity index (χ0n) is 15.9. The monoisotopic (exact) mass is 383 g/mol. The Balaban J connectivity index is 3.18. The van der Waals surface area contributed by atoms with Gasteiger partial charge in [-0.2, -0.15) is 0 Å². The summed E-state index contributed by atoms with van der Waals surface area (Å²) in [6.07, 6.45) is 3.44. The number of hydrogen-bond acceptors (Lipinski definition) is 5. The fraction of sp³-hybridized carbons (Fsp3) is 0.588. The molecule has 0 fully saturated rings. The second kappa shape index (κ2) is 10.2. The summed E-state index contributed by atoms with van der Waals surface area (Å²) in [6.45, 7) is 14.3. The molecule has 0 amide bonds.